The summed E-state index contributed by atoms with van der Waals surface area (Å²) in [6, 6.07) is 4.36. The lowest BCUT2D eigenvalue weighted by molar-refractivity contribution is -0.0425. The third kappa shape index (κ3) is 3.55. The molecule has 0 N–H and O–H groups in total. The maximum Gasteiger partial charge on any atom is 0.480 e. The highest BCUT2D eigenvalue weighted by atomic mass is 32.3. The van der Waals surface area contributed by atoms with Gasteiger partial charge in [-0.2, -0.15) is 13.2 Å². The van der Waals surface area contributed by atoms with Crippen LogP contribution in [0.3, 0.4) is 0 Å². The molecule has 0 saturated carbocycles. The summed E-state index contributed by atoms with van der Waals surface area (Å²) >= 11 is 0. The Bertz CT molecular complexity index is 675. The molecule has 0 amide bonds. The Labute approximate surface area is 107 Å². The second-order valence-electron chi connectivity index (χ2n) is 3.24. The summed E-state index contributed by atoms with van der Waals surface area (Å²) in [7, 11) is -11.0. The minimum atomic E-state index is -6.10. The van der Waals surface area contributed by atoms with Crippen LogP contribution in [-0.2, 0) is 20.0 Å². The van der Waals surface area contributed by atoms with E-state index in [0.29, 0.717) is 5.56 Å². The van der Waals surface area contributed by atoms with Crippen LogP contribution in [0.15, 0.2) is 35.7 Å². The van der Waals surface area contributed by atoms with Crippen molar-refractivity contribution in [3.8, 4) is 0 Å². The third-order valence-electron chi connectivity index (χ3n) is 1.90. The highest BCUT2D eigenvalue weighted by molar-refractivity contribution is 8.12. The number of rotatable bonds is 4. The molecule has 0 aliphatic heterocycles. The van der Waals surface area contributed by atoms with E-state index in [1.165, 1.54) is 18.2 Å². The molecule has 0 spiro atoms. The van der Waals surface area contributed by atoms with Gasteiger partial charge in [0.15, 0.2) is 10.0 Å². The largest absolute Gasteiger partial charge is 0.480 e. The number of halogens is 3. The Balaban J connectivity index is 3.15. The van der Waals surface area contributed by atoms with E-state index in [1.807, 2.05) is 4.13 Å². The Morgan fingerprint density at radius 2 is 1.53 bits per heavy atom. The number of nitrogens with zero attached hydrogens (tertiary/aromatic N) is 1. The Hall–Kier alpha value is -1.39. The van der Waals surface area contributed by atoms with E-state index in [2.05, 4.69) is 6.58 Å². The summed E-state index contributed by atoms with van der Waals surface area (Å²) in [6.07, 6.45) is 1.37. The molecule has 0 saturated heterocycles. The van der Waals surface area contributed by atoms with Gasteiger partial charge in [-0.25, -0.2) is 16.8 Å². The minimum absolute atomic E-state index is 0.512. The van der Waals surface area contributed by atoms with Crippen molar-refractivity contribution < 1.29 is 30.0 Å². The monoisotopic (exact) mass is 314 g/mol. The first-order valence-corrected chi connectivity index (χ1v) is 7.41. The first-order chi connectivity index (χ1) is 8.49. The predicted molar refractivity (Wildman–Crippen MR) is 62.1 cm³/mol. The van der Waals surface area contributed by atoms with Gasteiger partial charge in [-0.05, 0) is 17.7 Å². The minimum Gasteiger partial charge on any atom is -0.424 e. The topological polar surface area (TPSA) is 82.4 Å². The molecule has 10 heteroatoms. The van der Waals surface area contributed by atoms with Crippen LogP contribution in [-0.4, -0.2) is 22.3 Å². The quantitative estimate of drug-likeness (QED) is 0.853. The van der Waals surface area contributed by atoms with Gasteiger partial charge >= 0.3 is 5.51 Å². The Morgan fingerprint density at radius 3 is 1.89 bits per heavy atom. The summed E-state index contributed by atoms with van der Waals surface area (Å²) in [5.41, 5.74) is -5.25. The number of alkyl halides is 3. The van der Waals surface area contributed by atoms with Crippen LogP contribution < -0.4 is 0 Å². The van der Waals surface area contributed by atoms with E-state index in [4.69, 9.17) is 0 Å². The summed E-state index contributed by atoms with van der Waals surface area (Å²) in [5, 5.41) is 0. The average Bonchev–Trinajstić information content (AvgIpc) is 2.26. The molecule has 0 unspecified atom stereocenters. The number of hydrogen-bond donors (Lipinski definition) is 0. The molecule has 0 aliphatic carbocycles. The molecule has 1 rings (SSSR count). The number of benzene rings is 1. The van der Waals surface area contributed by atoms with Gasteiger partial charge in [0.1, 0.15) is 10.0 Å². The number of sulfonamides is 2. The highest BCUT2D eigenvalue weighted by Gasteiger charge is 2.40. The molecular weight excluding hydrogens is 307 g/mol. The second kappa shape index (κ2) is 4.94. The first kappa shape index (κ1) is 15.7. The van der Waals surface area contributed by atoms with Crippen molar-refractivity contribution in [1.29, 1.82) is 0 Å². The summed E-state index contributed by atoms with van der Waals surface area (Å²) in [4.78, 5) is -0.661. The molecule has 0 aliphatic rings. The Kier molecular flexibility index (Phi) is 4.08. The molecule has 0 aromatic heterocycles. The van der Waals surface area contributed by atoms with E-state index < -0.39 is 30.5 Å². The van der Waals surface area contributed by atoms with Crippen molar-refractivity contribution in [3.05, 3.63) is 40.5 Å². The fraction of sp³-hybridized carbons (Fsp3) is 0.111. The first-order valence-electron chi connectivity index (χ1n) is 4.53. The van der Waals surface area contributed by atoms with Crippen LogP contribution in [0.25, 0.3) is 10.2 Å². The van der Waals surface area contributed by atoms with Crippen LogP contribution in [0, 0.1) is 0 Å². The summed E-state index contributed by atoms with van der Waals surface area (Å²) in [5.74, 6) is 0. The van der Waals surface area contributed by atoms with E-state index in [1.54, 1.807) is 0 Å². The SMILES string of the molecule is C=Cc1ccc(S(=O)(=O)[N-]S(=O)(=O)C(F)(F)F)cc1. The van der Waals surface area contributed by atoms with Crippen molar-refractivity contribution in [2.45, 2.75) is 10.4 Å². The fourth-order valence-corrected chi connectivity index (χ4v) is 3.19. The molecule has 1 aromatic rings. The molecule has 0 heterocycles. The molecule has 5 nitrogen and oxygen atoms in total. The summed E-state index contributed by atoms with van der Waals surface area (Å²) < 4.78 is 82.2. The van der Waals surface area contributed by atoms with Gasteiger partial charge in [0, 0.05) is 4.90 Å². The van der Waals surface area contributed by atoms with E-state index in [0.717, 1.165) is 12.1 Å². The zero-order valence-electron chi connectivity index (χ0n) is 9.12. The van der Waals surface area contributed by atoms with Gasteiger partial charge in [-0.3, -0.25) is 0 Å². The maximum absolute atomic E-state index is 12.0. The van der Waals surface area contributed by atoms with Gasteiger partial charge in [0.05, 0.1) is 0 Å². The van der Waals surface area contributed by atoms with Crippen molar-refractivity contribution in [2.75, 3.05) is 0 Å². The van der Waals surface area contributed by atoms with Gasteiger partial charge in [-0.1, -0.05) is 24.8 Å². The van der Waals surface area contributed by atoms with Crippen LogP contribution in [0.4, 0.5) is 13.2 Å². The lowest BCUT2D eigenvalue weighted by Crippen LogP contribution is -2.24. The molecule has 0 radical (unpaired) electrons. The van der Waals surface area contributed by atoms with E-state index in [-0.39, 0.29) is 0 Å². The van der Waals surface area contributed by atoms with Crippen LogP contribution in [0.5, 0.6) is 0 Å². The molecule has 106 valence electrons. The predicted octanol–water partition coefficient (Wildman–Crippen LogP) is 2.24. The third-order valence-corrected chi connectivity index (χ3v) is 4.93. The average molecular weight is 314 g/mol. The Morgan fingerprint density at radius 1 is 1.05 bits per heavy atom. The van der Waals surface area contributed by atoms with Gasteiger partial charge < -0.3 is 4.13 Å². The zero-order valence-corrected chi connectivity index (χ0v) is 10.8. The van der Waals surface area contributed by atoms with Crippen molar-refractivity contribution in [2.24, 2.45) is 0 Å². The lowest BCUT2D eigenvalue weighted by Gasteiger charge is -2.22. The standard InChI is InChI=1S/C9H7F3NO4S2/c1-2-7-3-5-8(6-4-7)18(14,15)13-19(16,17)9(10,11)12/h2-6H,1H2/q-1. The van der Waals surface area contributed by atoms with Crippen LogP contribution in [0.1, 0.15) is 5.56 Å². The highest BCUT2D eigenvalue weighted by Crippen LogP contribution is 2.32. The zero-order chi connectivity index (χ0) is 14.9. The van der Waals surface area contributed by atoms with Crippen LogP contribution >= 0.6 is 0 Å². The second-order valence-corrected chi connectivity index (χ2v) is 6.67. The van der Waals surface area contributed by atoms with Gasteiger partial charge in [-0.15, -0.1) is 0 Å². The van der Waals surface area contributed by atoms with Crippen molar-refractivity contribution >= 4 is 26.1 Å². The van der Waals surface area contributed by atoms with E-state index >= 15 is 0 Å². The van der Waals surface area contributed by atoms with Crippen molar-refractivity contribution in [3.63, 3.8) is 0 Å². The molecule has 0 atom stereocenters. The van der Waals surface area contributed by atoms with Gasteiger partial charge in [0.2, 0.25) is 0 Å². The smallest absolute Gasteiger partial charge is 0.424 e. The number of hydrogen-bond acceptors (Lipinski definition) is 4. The van der Waals surface area contributed by atoms with Crippen molar-refractivity contribution in [1.82, 2.24) is 0 Å². The molecular formula is C9H7F3NO4S2-. The van der Waals surface area contributed by atoms with E-state index in [9.17, 15) is 30.0 Å². The summed E-state index contributed by atoms with van der Waals surface area (Å²) in [6.45, 7) is 3.40. The molecule has 19 heavy (non-hydrogen) atoms. The normalized spacial score (nSPS) is 13.2. The lowest BCUT2D eigenvalue weighted by atomic mass is 10.2. The van der Waals surface area contributed by atoms with Crippen LogP contribution in [0.2, 0.25) is 0 Å². The molecule has 1 aromatic carbocycles. The molecule has 0 fully saturated rings. The molecule has 0 bridgehead atoms. The maximum atomic E-state index is 12.0. The van der Waals surface area contributed by atoms with Gasteiger partial charge in [0.25, 0.3) is 0 Å². The fourth-order valence-electron chi connectivity index (χ4n) is 0.990.